The van der Waals surface area contributed by atoms with E-state index in [9.17, 15) is 5.26 Å². The molecule has 4 rings (SSSR count). The van der Waals surface area contributed by atoms with Gasteiger partial charge < -0.3 is 14.4 Å². The van der Waals surface area contributed by atoms with Gasteiger partial charge in [-0.25, -0.2) is 9.97 Å². The fraction of sp³-hybridized carbons (Fsp3) is 0.542. The molecule has 4 heterocycles. The van der Waals surface area contributed by atoms with E-state index in [1.54, 1.807) is 12.4 Å². The van der Waals surface area contributed by atoms with Gasteiger partial charge in [0.2, 0.25) is 0 Å². The molecular weight excluding hydrogens is 418 g/mol. The third kappa shape index (κ3) is 4.95. The molecule has 1 saturated heterocycles. The zero-order valence-corrected chi connectivity index (χ0v) is 20.6. The number of ether oxygens (including phenoxy) is 2. The van der Waals surface area contributed by atoms with Crippen LogP contribution in [0.2, 0.25) is 25.7 Å². The molecule has 32 heavy (non-hydrogen) atoms. The van der Waals surface area contributed by atoms with Crippen LogP contribution in [0.25, 0.3) is 21.9 Å². The second kappa shape index (κ2) is 9.57. The largest absolute Gasteiger partial charge is 0.491 e. The van der Waals surface area contributed by atoms with Gasteiger partial charge in [0.15, 0.2) is 0 Å². The molecule has 0 aliphatic carbocycles. The highest BCUT2D eigenvalue weighted by molar-refractivity contribution is 6.76. The molecular formula is C24H33N5O2Si. The summed E-state index contributed by atoms with van der Waals surface area (Å²) >= 11 is 0. The molecule has 3 aromatic heterocycles. The second-order valence-corrected chi connectivity index (χ2v) is 15.5. The zero-order valence-electron chi connectivity index (χ0n) is 19.6. The summed E-state index contributed by atoms with van der Waals surface area (Å²) in [5.41, 5.74) is 2.10. The second-order valence-electron chi connectivity index (χ2n) is 9.92. The van der Waals surface area contributed by atoms with Crippen LogP contribution >= 0.6 is 0 Å². The van der Waals surface area contributed by atoms with Gasteiger partial charge in [-0.1, -0.05) is 26.1 Å². The van der Waals surface area contributed by atoms with Crippen molar-refractivity contribution < 1.29 is 9.47 Å². The number of piperidine rings is 1. The van der Waals surface area contributed by atoms with Gasteiger partial charge in [-0.3, -0.25) is 4.57 Å². The highest BCUT2D eigenvalue weighted by atomic mass is 28.3. The first-order chi connectivity index (χ1) is 15.4. The fourth-order valence-electron chi connectivity index (χ4n) is 4.26. The van der Waals surface area contributed by atoms with Crippen LogP contribution in [0.5, 0.6) is 5.75 Å². The van der Waals surface area contributed by atoms with Crippen molar-refractivity contribution in [2.45, 2.75) is 57.7 Å². The number of fused-ring (bicyclic) bond motifs is 3. The number of aromatic nitrogens is 3. The average molecular weight is 452 g/mol. The Labute approximate surface area is 191 Å². The predicted octanol–water partition coefficient (Wildman–Crippen LogP) is 4.63. The predicted molar refractivity (Wildman–Crippen MR) is 130 cm³/mol. The molecule has 1 aliphatic heterocycles. The van der Waals surface area contributed by atoms with Crippen molar-refractivity contribution in [2.75, 3.05) is 26.8 Å². The lowest BCUT2D eigenvalue weighted by molar-refractivity contribution is 0.0925. The lowest BCUT2D eigenvalue weighted by Crippen LogP contribution is -2.40. The minimum atomic E-state index is -1.16. The maximum Gasteiger partial charge on any atom is 0.146 e. The van der Waals surface area contributed by atoms with Crippen LogP contribution in [0.1, 0.15) is 25.0 Å². The zero-order chi connectivity index (χ0) is 22.7. The Morgan fingerprint density at radius 2 is 2.09 bits per heavy atom. The molecule has 7 nitrogen and oxygen atoms in total. The van der Waals surface area contributed by atoms with Crippen molar-refractivity contribution in [3.63, 3.8) is 0 Å². The number of rotatable bonds is 8. The summed E-state index contributed by atoms with van der Waals surface area (Å²) in [7, 11) is 1.01. The van der Waals surface area contributed by atoms with Gasteiger partial charge in [0, 0.05) is 32.3 Å². The molecule has 0 aromatic carbocycles. The Morgan fingerprint density at radius 1 is 1.25 bits per heavy atom. The quantitative estimate of drug-likeness (QED) is 0.367. The average Bonchev–Trinajstić information content (AvgIpc) is 3.09. The van der Waals surface area contributed by atoms with Crippen molar-refractivity contribution in [3.8, 4) is 11.8 Å². The first-order valence-electron chi connectivity index (χ1n) is 11.5. The van der Waals surface area contributed by atoms with Crippen LogP contribution < -0.4 is 4.74 Å². The van der Waals surface area contributed by atoms with E-state index in [1.165, 1.54) is 12.8 Å². The van der Waals surface area contributed by atoms with E-state index in [-0.39, 0.29) is 0 Å². The number of likely N-dealkylation sites (N-methyl/N-ethyl adjacent to an activating group) is 1. The topological polar surface area (TPSA) is 76.2 Å². The van der Waals surface area contributed by atoms with E-state index < -0.39 is 8.07 Å². The van der Waals surface area contributed by atoms with Gasteiger partial charge in [-0.2, -0.15) is 5.26 Å². The Bertz CT molecular complexity index is 1130. The summed E-state index contributed by atoms with van der Waals surface area (Å²) in [6, 6.07) is 7.44. The summed E-state index contributed by atoms with van der Waals surface area (Å²) in [6.45, 7) is 9.93. The van der Waals surface area contributed by atoms with Gasteiger partial charge in [0.05, 0.1) is 17.1 Å². The van der Waals surface area contributed by atoms with Crippen LogP contribution in [-0.4, -0.2) is 60.4 Å². The maximum absolute atomic E-state index is 9.40. The number of hydrogen-bond acceptors (Lipinski definition) is 6. The van der Waals surface area contributed by atoms with Gasteiger partial charge >= 0.3 is 0 Å². The highest BCUT2D eigenvalue weighted by Gasteiger charge is 2.22. The van der Waals surface area contributed by atoms with Crippen LogP contribution in [0.15, 0.2) is 24.5 Å². The van der Waals surface area contributed by atoms with Crippen molar-refractivity contribution in [3.05, 3.63) is 30.2 Å². The molecule has 170 valence electrons. The lowest BCUT2D eigenvalue weighted by Gasteiger charge is -2.32. The molecule has 8 heteroatoms. The smallest absolute Gasteiger partial charge is 0.146 e. The first kappa shape index (κ1) is 22.7. The van der Waals surface area contributed by atoms with Gasteiger partial charge in [-0.05, 0) is 44.6 Å². The van der Waals surface area contributed by atoms with E-state index in [2.05, 4.69) is 47.6 Å². The molecule has 0 N–H and O–H groups in total. The number of nitrogens with zero attached hydrogens (tertiary/aromatic N) is 5. The van der Waals surface area contributed by atoms with Crippen molar-refractivity contribution >= 4 is 30.0 Å². The van der Waals surface area contributed by atoms with Crippen LogP contribution in [0.3, 0.4) is 0 Å². The van der Waals surface area contributed by atoms with Crippen molar-refractivity contribution in [2.24, 2.45) is 0 Å². The molecule has 3 aromatic rings. The minimum Gasteiger partial charge on any atom is -0.491 e. The number of pyridine rings is 2. The number of likely N-dealkylation sites (tertiary alicyclic amines) is 1. The minimum absolute atomic E-state index is 0.387. The summed E-state index contributed by atoms with van der Waals surface area (Å²) in [6.07, 6.45) is 7.19. The summed E-state index contributed by atoms with van der Waals surface area (Å²) < 4.78 is 14.5. The molecule has 1 fully saturated rings. The summed E-state index contributed by atoms with van der Waals surface area (Å²) in [5, 5.41) is 11.3. The van der Waals surface area contributed by atoms with Gasteiger partial charge in [0.25, 0.3) is 0 Å². The Balaban J connectivity index is 1.67. The van der Waals surface area contributed by atoms with E-state index in [0.29, 0.717) is 25.1 Å². The van der Waals surface area contributed by atoms with Crippen LogP contribution in [0, 0.1) is 11.3 Å². The van der Waals surface area contributed by atoms with E-state index >= 15 is 0 Å². The lowest BCUT2D eigenvalue weighted by atomic mass is 10.0. The molecule has 0 amide bonds. The molecule has 0 radical (unpaired) electrons. The normalized spacial score (nSPS) is 17.7. The highest BCUT2D eigenvalue weighted by Crippen LogP contribution is 2.35. The molecule has 1 atom stereocenters. The Hall–Kier alpha value is -2.47. The van der Waals surface area contributed by atoms with Crippen LogP contribution in [-0.2, 0) is 11.5 Å². The first-order valence-corrected chi connectivity index (χ1v) is 15.2. The molecule has 1 unspecified atom stereocenters. The van der Waals surface area contributed by atoms with Gasteiger partial charge in [-0.15, -0.1) is 0 Å². The van der Waals surface area contributed by atoms with Gasteiger partial charge in [0.1, 0.15) is 36.5 Å². The standard InChI is InChI=1S/C24H33N5O2Si/c1-28-10-6-5-7-19(28)16-31-22-8-9-26-24-23(22)20-13-18(14-25)27-15-21(20)29(24)17-30-11-12-32(2,3)4/h8-9,13,15,19H,5-7,10-12,16-17H2,1-4H3. The molecule has 0 bridgehead atoms. The summed E-state index contributed by atoms with van der Waals surface area (Å²) in [4.78, 5) is 11.3. The molecule has 1 aliphatic rings. The molecule has 0 spiro atoms. The Kier molecular flexibility index (Phi) is 6.79. The van der Waals surface area contributed by atoms with Crippen molar-refractivity contribution in [1.82, 2.24) is 19.4 Å². The molecule has 0 saturated carbocycles. The fourth-order valence-corrected chi connectivity index (χ4v) is 5.01. The van der Waals surface area contributed by atoms with Crippen molar-refractivity contribution in [1.29, 1.82) is 5.26 Å². The third-order valence-electron chi connectivity index (χ3n) is 6.28. The van der Waals surface area contributed by atoms with E-state index in [1.807, 2.05) is 16.7 Å². The maximum atomic E-state index is 9.40. The SMILES string of the molecule is CN1CCCCC1COc1ccnc2c1c1cc(C#N)ncc1n2COCC[Si](C)(C)C. The van der Waals surface area contributed by atoms with E-state index in [0.717, 1.165) is 53.3 Å². The number of nitriles is 1. The third-order valence-corrected chi connectivity index (χ3v) is 7.98. The van der Waals surface area contributed by atoms with Crippen LogP contribution in [0.4, 0.5) is 0 Å². The number of hydrogen-bond donors (Lipinski definition) is 0. The Morgan fingerprint density at radius 3 is 2.84 bits per heavy atom. The monoisotopic (exact) mass is 451 g/mol. The summed E-state index contributed by atoms with van der Waals surface area (Å²) in [5.74, 6) is 0.801. The van der Waals surface area contributed by atoms with E-state index in [4.69, 9.17) is 9.47 Å².